The number of aryl methyl sites for hydroxylation is 2. The van der Waals surface area contributed by atoms with E-state index >= 15 is 0 Å². The summed E-state index contributed by atoms with van der Waals surface area (Å²) in [6, 6.07) is 1.60. The molecule has 1 saturated heterocycles. The van der Waals surface area contributed by atoms with E-state index in [9.17, 15) is 4.79 Å². The first-order chi connectivity index (χ1) is 9.60. The maximum absolute atomic E-state index is 12.3. The summed E-state index contributed by atoms with van der Waals surface area (Å²) in [6.07, 6.45) is 0.851. The Labute approximate surface area is 119 Å². The van der Waals surface area contributed by atoms with E-state index in [1.165, 1.54) is 0 Å². The molecule has 0 spiro atoms. The maximum Gasteiger partial charge on any atom is 0.244 e. The quantitative estimate of drug-likeness (QED) is 0.890. The Hall–Kier alpha value is -1.69. The van der Waals surface area contributed by atoms with Gasteiger partial charge in [-0.25, -0.2) is 9.97 Å². The highest BCUT2D eigenvalue weighted by atomic mass is 16.5. The Bertz CT molecular complexity index is 472. The molecule has 1 atom stereocenters. The van der Waals surface area contributed by atoms with Crippen LogP contribution in [0.15, 0.2) is 6.07 Å². The third-order valence-electron chi connectivity index (χ3n) is 3.31. The fourth-order valence-corrected chi connectivity index (χ4v) is 2.23. The van der Waals surface area contributed by atoms with Gasteiger partial charge in [-0.3, -0.25) is 4.79 Å². The van der Waals surface area contributed by atoms with Crippen molar-refractivity contribution in [3.8, 4) is 0 Å². The zero-order valence-corrected chi connectivity index (χ0v) is 12.3. The lowest BCUT2D eigenvalue weighted by molar-refractivity contribution is -0.135. The molecule has 2 heterocycles. The molecule has 1 aromatic heterocycles. The highest BCUT2D eigenvalue weighted by Gasteiger charge is 2.22. The van der Waals surface area contributed by atoms with Crippen molar-refractivity contribution in [2.75, 3.05) is 31.6 Å². The van der Waals surface area contributed by atoms with Gasteiger partial charge in [0.25, 0.3) is 0 Å². The van der Waals surface area contributed by atoms with Gasteiger partial charge in [0, 0.05) is 24.8 Å². The second kappa shape index (κ2) is 6.65. The van der Waals surface area contributed by atoms with Crippen LogP contribution in [0.4, 0.5) is 5.82 Å². The number of amides is 1. The van der Waals surface area contributed by atoms with Gasteiger partial charge < -0.3 is 15.0 Å². The molecule has 20 heavy (non-hydrogen) atoms. The zero-order valence-electron chi connectivity index (χ0n) is 12.3. The minimum atomic E-state index is -0.299. The molecule has 1 aliphatic heterocycles. The molecule has 1 unspecified atom stereocenters. The number of hydrogen-bond donors (Lipinski definition) is 1. The average molecular weight is 278 g/mol. The van der Waals surface area contributed by atoms with E-state index in [0.717, 1.165) is 17.9 Å². The van der Waals surface area contributed by atoms with E-state index in [1.807, 2.05) is 31.7 Å². The summed E-state index contributed by atoms with van der Waals surface area (Å²) < 4.78 is 5.26. The fourth-order valence-electron chi connectivity index (χ4n) is 2.23. The van der Waals surface area contributed by atoms with Gasteiger partial charge in [0.1, 0.15) is 17.7 Å². The van der Waals surface area contributed by atoms with Crippen LogP contribution in [-0.4, -0.2) is 53.1 Å². The molecule has 1 fully saturated rings. The highest BCUT2D eigenvalue weighted by molar-refractivity contribution is 5.84. The SMILES string of the molecule is CCc1cc(NC(C)C(=O)N2CCOCC2)nc(C)n1. The van der Waals surface area contributed by atoms with Crippen molar-refractivity contribution in [1.82, 2.24) is 14.9 Å². The first-order valence-electron chi connectivity index (χ1n) is 7.07. The number of ether oxygens (including phenoxy) is 1. The number of anilines is 1. The number of hydrogen-bond acceptors (Lipinski definition) is 5. The van der Waals surface area contributed by atoms with Crippen LogP contribution in [0.5, 0.6) is 0 Å². The zero-order chi connectivity index (χ0) is 14.5. The summed E-state index contributed by atoms with van der Waals surface area (Å²) in [6.45, 7) is 8.32. The molecule has 0 aromatic carbocycles. The topological polar surface area (TPSA) is 67.4 Å². The Morgan fingerprint density at radius 3 is 2.80 bits per heavy atom. The van der Waals surface area contributed by atoms with Crippen LogP contribution >= 0.6 is 0 Å². The highest BCUT2D eigenvalue weighted by Crippen LogP contribution is 2.10. The lowest BCUT2D eigenvalue weighted by atomic mass is 10.2. The molecule has 0 radical (unpaired) electrons. The first kappa shape index (κ1) is 14.7. The summed E-state index contributed by atoms with van der Waals surface area (Å²) in [5.41, 5.74) is 0.978. The van der Waals surface area contributed by atoms with Crippen LogP contribution < -0.4 is 5.32 Å². The predicted octanol–water partition coefficient (Wildman–Crippen LogP) is 1.01. The molecular weight excluding hydrogens is 256 g/mol. The molecule has 2 rings (SSSR count). The summed E-state index contributed by atoms with van der Waals surface area (Å²) in [7, 11) is 0. The van der Waals surface area contributed by atoms with Crippen LogP contribution in [0.1, 0.15) is 25.4 Å². The minimum Gasteiger partial charge on any atom is -0.378 e. The number of carbonyl (C=O) groups excluding carboxylic acids is 1. The normalized spacial score (nSPS) is 16.9. The van der Waals surface area contributed by atoms with E-state index in [4.69, 9.17) is 4.74 Å². The third-order valence-corrected chi connectivity index (χ3v) is 3.31. The maximum atomic E-state index is 12.3. The van der Waals surface area contributed by atoms with Gasteiger partial charge in [-0.05, 0) is 20.3 Å². The fraction of sp³-hybridized carbons (Fsp3) is 0.643. The average Bonchev–Trinajstić information content (AvgIpc) is 2.46. The summed E-state index contributed by atoms with van der Waals surface area (Å²) in [4.78, 5) is 22.8. The molecule has 6 nitrogen and oxygen atoms in total. The molecule has 0 bridgehead atoms. The predicted molar refractivity (Wildman–Crippen MR) is 76.6 cm³/mol. The Kier molecular flexibility index (Phi) is 4.89. The van der Waals surface area contributed by atoms with Gasteiger partial charge in [0.2, 0.25) is 5.91 Å². The number of nitrogens with one attached hydrogen (secondary N) is 1. The lowest BCUT2D eigenvalue weighted by Crippen LogP contribution is -2.47. The van der Waals surface area contributed by atoms with Crippen molar-refractivity contribution in [3.63, 3.8) is 0 Å². The van der Waals surface area contributed by atoms with Crippen molar-refractivity contribution < 1.29 is 9.53 Å². The number of rotatable bonds is 4. The molecule has 6 heteroatoms. The van der Waals surface area contributed by atoms with Crippen LogP contribution in [0, 0.1) is 6.92 Å². The number of morpholine rings is 1. The molecule has 1 aliphatic rings. The van der Waals surface area contributed by atoms with Crippen LogP contribution in [-0.2, 0) is 16.0 Å². The lowest BCUT2D eigenvalue weighted by Gasteiger charge is -2.29. The molecular formula is C14H22N4O2. The van der Waals surface area contributed by atoms with Gasteiger partial charge in [-0.2, -0.15) is 0 Å². The van der Waals surface area contributed by atoms with Gasteiger partial charge in [0.05, 0.1) is 13.2 Å². The Morgan fingerprint density at radius 1 is 1.45 bits per heavy atom. The van der Waals surface area contributed by atoms with Crippen molar-refractivity contribution in [2.24, 2.45) is 0 Å². The van der Waals surface area contributed by atoms with E-state index in [1.54, 1.807) is 0 Å². The van der Waals surface area contributed by atoms with Crippen LogP contribution in [0.25, 0.3) is 0 Å². The Morgan fingerprint density at radius 2 is 2.15 bits per heavy atom. The molecule has 1 aromatic rings. The van der Waals surface area contributed by atoms with E-state index < -0.39 is 0 Å². The van der Waals surface area contributed by atoms with Gasteiger partial charge >= 0.3 is 0 Å². The summed E-state index contributed by atoms with van der Waals surface area (Å²) in [5.74, 6) is 1.52. The molecule has 1 amide bonds. The second-order valence-corrected chi connectivity index (χ2v) is 4.95. The second-order valence-electron chi connectivity index (χ2n) is 4.95. The molecule has 0 saturated carbocycles. The molecule has 110 valence electrons. The van der Waals surface area contributed by atoms with Crippen molar-refractivity contribution in [1.29, 1.82) is 0 Å². The van der Waals surface area contributed by atoms with Crippen LogP contribution in [0.3, 0.4) is 0 Å². The Balaban J connectivity index is 2.01. The van der Waals surface area contributed by atoms with Gasteiger partial charge in [-0.15, -0.1) is 0 Å². The molecule has 1 N–H and O–H groups in total. The van der Waals surface area contributed by atoms with Crippen molar-refractivity contribution >= 4 is 11.7 Å². The van der Waals surface area contributed by atoms with E-state index in [0.29, 0.717) is 32.1 Å². The van der Waals surface area contributed by atoms with Gasteiger partial charge in [-0.1, -0.05) is 6.92 Å². The van der Waals surface area contributed by atoms with Crippen LogP contribution in [0.2, 0.25) is 0 Å². The van der Waals surface area contributed by atoms with E-state index in [-0.39, 0.29) is 11.9 Å². The summed E-state index contributed by atoms with van der Waals surface area (Å²) in [5, 5.41) is 3.17. The molecule has 0 aliphatic carbocycles. The van der Waals surface area contributed by atoms with Crippen molar-refractivity contribution in [3.05, 3.63) is 17.6 Å². The van der Waals surface area contributed by atoms with E-state index in [2.05, 4.69) is 15.3 Å². The van der Waals surface area contributed by atoms with Crippen molar-refractivity contribution in [2.45, 2.75) is 33.2 Å². The number of aromatic nitrogens is 2. The largest absolute Gasteiger partial charge is 0.378 e. The number of carbonyl (C=O) groups is 1. The third kappa shape index (κ3) is 3.66. The first-order valence-corrected chi connectivity index (χ1v) is 7.07. The minimum absolute atomic E-state index is 0.0858. The smallest absolute Gasteiger partial charge is 0.244 e. The number of nitrogens with zero attached hydrogens (tertiary/aromatic N) is 3. The monoisotopic (exact) mass is 278 g/mol. The van der Waals surface area contributed by atoms with Gasteiger partial charge in [0.15, 0.2) is 0 Å². The standard InChI is InChI=1S/C14H22N4O2/c1-4-12-9-13(17-11(3)16-12)15-10(2)14(19)18-5-7-20-8-6-18/h9-10H,4-8H2,1-3H3,(H,15,16,17). The summed E-state index contributed by atoms with van der Waals surface area (Å²) >= 11 is 0.